The van der Waals surface area contributed by atoms with Gasteiger partial charge in [0.05, 0.1) is 17.2 Å². The molecule has 0 saturated heterocycles. The number of nitriles is 1. The average molecular weight is 221 g/mol. The number of hydrogen-bond donors (Lipinski definition) is 4. The van der Waals surface area contributed by atoms with E-state index in [0.717, 1.165) is 6.07 Å². The molecule has 0 atom stereocenters. The second kappa shape index (κ2) is 4.77. The number of benzene rings is 1. The van der Waals surface area contributed by atoms with Gasteiger partial charge in [0.15, 0.2) is 0 Å². The fraction of sp³-hybridized carbons (Fsp3) is 0. The first-order valence-electron chi connectivity index (χ1n) is 4.07. The first-order chi connectivity index (χ1) is 7.58. The molecule has 0 fully saturated rings. The van der Waals surface area contributed by atoms with Crippen LogP contribution in [0.4, 0.5) is 10.5 Å². The molecule has 0 aromatic heterocycles. The summed E-state index contributed by atoms with van der Waals surface area (Å²) in [4.78, 5) is 21.5. The summed E-state index contributed by atoms with van der Waals surface area (Å²) in [5.74, 6) is -0.884. The van der Waals surface area contributed by atoms with Gasteiger partial charge in [0.2, 0.25) is 0 Å². The number of hydroxylamine groups is 1. The van der Waals surface area contributed by atoms with Gasteiger partial charge in [0, 0.05) is 5.69 Å². The number of amides is 2. The Morgan fingerprint density at radius 2 is 2.06 bits per heavy atom. The van der Waals surface area contributed by atoms with Gasteiger partial charge in [0.1, 0.15) is 0 Å². The van der Waals surface area contributed by atoms with Crippen molar-refractivity contribution in [2.45, 2.75) is 0 Å². The largest absolute Gasteiger partial charge is 0.465 e. The third-order valence-electron chi connectivity index (χ3n) is 1.74. The van der Waals surface area contributed by atoms with Gasteiger partial charge in [-0.15, -0.1) is 0 Å². The SMILES string of the molecule is N#Cc1ccc(NC(=O)O)cc1C(=O)NO. The van der Waals surface area contributed by atoms with Gasteiger partial charge in [-0.3, -0.25) is 15.3 Å². The zero-order chi connectivity index (χ0) is 12.1. The Bertz CT molecular complexity index is 478. The van der Waals surface area contributed by atoms with Gasteiger partial charge in [-0.25, -0.2) is 10.3 Å². The molecule has 0 unspecified atom stereocenters. The van der Waals surface area contributed by atoms with Crippen LogP contribution >= 0.6 is 0 Å². The maximum Gasteiger partial charge on any atom is 0.409 e. The van der Waals surface area contributed by atoms with Crippen molar-refractivity contribution in [3.8, 4) is 6.07 Å². The summed E-state index contributed by atoms with van der Waals surface area (Å²) < 4.78 is 0. The van der Waals surface area contributed by atoms with Crippen molar-refractivity contribution in [2.75, 3.05) is 5.32 Å². The van der Waals surface area contributed by atoms with E-state index in [0.29, 0.717) is 0 Å². The highest BCUT2D eigenvalue weighted by Crippen LogP contribution is 2.15. The van der Waals surface area contributed by atoms with Crippen LogP contribution in [0, 0.1) is 11.3 Å². The van der Waals surface area contributed by atoms with Gasteiger partial charge >= 0.3 is 6.09 Å². The van der Waals surface area contributed by atoms with Crippen molar-refractivity contribution in [1.82, 2.24) is 5.48 Å². The molecule has 1 aromatic rings. The van der Waals surface area contributed by atoms with Gasteiger partial charge in [0.25, 0.3) is 5.91 Å². The minimum Gasteiger partial charge on any atom is -0.465 e. The van der Waals surface area contributed by atoms with Crippen LogP contribution in [0.15, 0.2) is 18.2 Å². The molecule has 0 saturated carbocycles. The molecule has 0 aliphatic heterocycles. The van der Waals surface area contributed by atoms with E-state index in [1.165, 1.54) is 17.6 Å². The van der Waals surface area contributed by atoms with E-state index >= 15 is 0 Å². The number of anilines is 1. The summed E-state index contributed by atoms with van der Waals surface area (Å²) in [6, 6.07) is 5.50. The Morgan fingerprint density at radius 1 is 1.38 bits per heavy atom. The molecule has 0 aliphatic carbocycles. The number of nitrogens with zero attached hydrogens (tertiary/aromatic N) is 1. The molecule has 7 heteroatoms. The van der Waals surface area contributed by atoms with E-state index < -0.39 is 12.0 Å². The third-order valence-corrected chi connectivity index (χ3v) is 1.74. The molecule has 0 heterocycles. The molecule has 0 radical (unpaired) electrons. The molecule has 1 rings (SSSR count). The first kappa shape index (κ1) is 11.5. The van der Waals surface area contributed by atoms with Crippen molar-refractivity contribution in [3.05, 3.63) is 29.3 Å². The summed E-state index contributed by atoms with van der Waals surface area (Å²) in [5, 5.41) is 27.6. The highest BCUT2D eigenvalue weighted by atomic mass is 16.5. The molecule has 0 bridgehead atoms. The summed E-state index contributed by atoms with van der Waals surface area (Å²) in [6.45, 7) is 0. The lowest BCUT2D eigenvalue weighted by Crippen LogP contribution is -2.20. The standard InChI is InChI=1S/C9H7N3O4/c10-4-5-1-2-6(11-9(14)15)3-7(5)8(13)12-16/h1-3,11,16H,(H,12,13)(H,14,15). The fourth-order valence-electron chi connectivity index (χ4n) is 1.09. The molecule has 16 heavy (non-hydrogen) atoms. The zero-order valence-corrected chi connectivity index (χ0v) is 7.89. The van der Waals surface area contributed by atoms with E-state index in [1.54, 1.807) is 6.07 Å². The molecule has 1 aromatic carbocycles. The van der Waals surface area contributed by atoms with Crippen LogP contribution in [0.3, 0.4) is 0 Å². The Morgan fingerprint density at radius 3 is 2.56 bits per heavy atom. The van der Waals surface area contributed by atoms with Crippen LogP contribution in [0.2, 0.25) is 0 Å². The van der Waals surface area contributed by atoms with Crippen LogP contribution < -0.4 is 10.8 Å². The summed E-state index contributed by atoms with van der Waals surface area (Å²) in [7, 11) is 0. The van der Waals surface area contributed by atoms with E-state index in [4.69, 9.17) is 15.6 Å². The second-order valence-corrected chi connectivity index (χ2v) is 2.74. The number of hydrogen-bond acceptors (Lipinski definition) is 4. The van der Waals surface area contributed by atoms with Crippen LogP contribution in [0.1, 0.15) is 15.9 Å². The summed E-state index contributed by atoms with van der Waals surface area (Å²) in [5.41, 5.74) is 1.42. The molecular formula is C9H7N3O4. The predicted octanol–water partition coefficient (Wildman–Crippen LogP) is 0.767. The zero-order valence-electron chi connectivity index (χ0n) is 7.89. The highest BCUT2D eigenvalue weighted by molar-refractivity contribution is 5.97. The maximum absolute atomic E-state index is 11.1. The minimum absolute atomic E-state index is 0.0301. The lowest BCUT2D eigenvalue weighted by molar-refractivity contribution is 0.0706. The van der Waals surface area contributed by atoms with Gasteiger partial charge in [-0.1, -0.05) is 0 Å². The number of carbonyl (C=O) groups excluding carboxylic acids is 1. The van der Waals surface area contributed by atoms with Gasteiger partial charge in [-0.2, -0.15) is 5.26 Å². The molecule has 4 N–H and O–H groups in total. The smallest absolute Gasteiger partial charge is 0.409 e. The summed E-state index contributed by atoms with van der Waals surface area (Å²) in [6.07, 6.45) is -1.29. The van der Waals surface area contributed by atoms with E-state index in [1.807, 2.05) is 5.32 Å². The predicted molar refractivity (Wildman–Crippen MR) is 52.1 cm³/mol. The van der Waals surface area contributed by atoms with Crippen molar-refractivity contribution in [2.24, 2.45) is 0 Å². The van der Waals surface area contributed by atoms with Crippen molar-refractivity contribution >= 4 is 17.7 Å². The Balaban J connectivity index is 3.17. The average Bonchev–Trinajstić information content (AvgIpc) is 2.27. The molecule has 0 aliphatic rings. The van der Waals surface area contributed by atoms with E-state index in [-0.39, 0.29) is 16.8 Å². The summed E-state index contributed by atoms with van der Waals surface area (Å²) >= 11 is 0. The molecule has 0 spiro atoms. The Labute approximate surface area is 89.9 Å². The van der Waals surface area contributed by atoms with Gasteiger partial charge in [-0.05, 0) is 18.2 Å². The lowest BCUT2D eigenvalue weighted by Gasteiger charge is -2.05. The quantitative estimate of drug-likeness (QED) is 0.434. The molecule has 7 nitrogen and oxygen atoms in total. The Hall–Kier alpha value is -2.59. The van der Waals surface area contributed by atoms with Gasteiger partial charge < -0.3 is 5.11 Å². The molecular weight excluding hydrogens is 214 g/mol. The maximum atomic E-state index is 11.1. The van der Waals surface area contributed by atoms with Crippen LogP contribution in [0.25, 0.3) is 0 Å². The normalized spacial score (nSPS) is 9.00. The highest BCUT2D eigenvalue weighted by Gasteiger charge is 2.12. The topological polar surface area (TPSA) is 122 Å². The third kappa shape index (κ3) is 2.46. The number of rotatable bonds is 2. The van der Waals surface area contributed by atoms with Crippen molar-refractivity contribution in [3.63, 3.8) is 0 Å². The number of nitrogens with one attached hydrogen (secondary N) is 2. The van der Waals surface area contributed by atoms with E-state index in [2.05, 4.69) is 0 Å². The lowest BCUT2D eigenvalue weighted by atomic mass is 10.1. The number of carboxylic acid groups (broad SMARTS) is 1. The van der Waals surface area contributed by atoms with E-state index in [9.17, 15) is 9.59 Å². The van der Waals surface area contributed by atoms with Crippen molar-refractivity contribution < 1.29 is 19.9 Å². The van der Waals surface area contributed by atoms with Crippen LogP contribution in [-0.4, -0.2) is 22.3 Å². The second-order valence-electron chi connectivity index (χ2n) is 2.74. The number of carbonyl (C=O) groups is 2. The molecule has 82 valence electrons. The minimum atomic E-state index is -1.29. The van der Waals surface area contributed by atoms with Crippen molar-refractivity contribution in [1.29, 1.82) is 5.26 Å². The monoisotopic (exact) mass is 221 g/mol. The first-order valence-corrected chi connectivity index (χ1v) is 4.07. The fourth-order valence-corrected chi connectivity index (χ4v) is 1.09. The van der Waals surface area contributed by atoms with Crippen LogP contribution in [0.5, 0.6) is 0 Å². The van der Waals surface area contributed by atoms with Crippen LogP contribution in [-0.2, 0) is 0 Å². The molecule has 2 amide bonds. The Kier molecular flexibility index (Phi) is 3.42.